The van der Waals surface area contributed by atoms with Gasteiger partial charge in [0.05, 0.1) is 0 Å². The van der Waals surface area contributed by atoms with Crippen molar-refractivity contribution in [1.29, 1.82) is 0 Å². The Morgan fingerprint density at radius 2 is 0.680 bits per heavy atom. The van der Waals surface area contributed by atoms with Gasteiger partial charge in [0, 0.05) is 9.79 Å². The Kier molecular flexibility index (Phi) is 3.51. The van der Waals surface area contributed by atoms with E-state index in [2.05, 4.69) is 0 Å². The zero-order chi connectivity index (χ0) is 19.5. The summed E-state index contributed by atoms with van der Waals surface area (Å²) < 4.78 is 126. The fourth-order valence-electron chi connectivity index (χ4n) is 1.67. The molecular formula is C12H8F10S3. The van der Waals surface area contributed by atoms with Gasteiger partial charge in [-0.05, 0) is 48.5 Å². The predicted octanol–water partition coefficient (Wildman–Crippen LogP) is 9.15. The molecule has 0 fully saturated rings. The van der Waals surface area contributed by atoms with Crippen LogP contribution in [0.4, 0.5) is 38.9 Å². The van der Waals surface area contributed by atoms with E-state index in [9.17, 15) is 38.9 Å². The summed E-state index contributed by atoms with van der Waals surface area (Å²) in [5, 5.41) is 0. The maximum absolute atomic E-state index is 12.6. The van der Waals surface area contributed by atoms with E-state index >= 15 is 0 Å². The van der Waals surface area contributed by atoms with Crippen LogP contribution in [0.5, 0.6) is 0 Å². The van der Waals surface area contributed by atoms with E-state index in [1.165, 1.54) is 0 Å². The Morgan fingerprint density at radius 3 is 0.880 bits per heavy atom. The predicted molar refractivity (Wildman–Crippen MR) is 79.8 cm³/mol. The lowest BCUT2D eigenvalue weighted by Gasteiger charge is -2.40. The molecule has 2 rings (SSSR count). The molecule has 0 aromatic heterocycles. The molecule has 0 saturated heterocycles. The maximum Gasteiger partial charge on any atom is 0.310 e. The quantitative estimate of drug-likeness (QED) is 0.429. The van der Waals surface area contributed by atoms with Crippen molar-refractivity contribution in [3.05, 3.63) is 48.5 Å². The standard InChI is InChI=1S/C12H8F10S3/c13-24(14,15,16,17)11-5-1-9(2-6-11)23-10-3-7-12(8-4-10)25(18,19,20,21)22/h1-8H. The van der Waals surface area contributed by atoms with Gasteiger partial charge in [0.15, 0.2) is 0 Å². The van der Waals surface area contributed by atoms with E-state index in [4.69, 9.17) is 0 Å². The monoisotopic (exact) mass is 438 g/mol. The molecule has 0 radical (unpaired) electrons. The molecule has 2 aromatic rings. The van der Waals surface area contributed by atoms with Crippen LogP contribution < -0.4 is 0 Å². The molecular weight excluding hydrogens is 430 g/mol. The summed E-state index contributed by atoms with van der Waals surface area (Å²) in [4.78, 5) is -4.21. The second-order valence-corrected chi connectivity index (χ2v) is 10.9. The molecule has 0 saturated carbocycles. The van der Waals surface area contributed by atoms with E-state index in [1.54, 1.807) is 0 Å². The van der Waals surface area contributed by atoms with Crippen molar-refractivity contribution in [2.75, 3.05) is 0 Å². The topological polar surface area (TPSA) is 0 Å². The molecule has 144 valence electrons. The number of rotatable bonds is 4. The first-order chi connectivity index (χ1) is 10.6. The molecule has 0 spiro atoms. The van der Waals surface area contributed by atoms with Crippen molar-refractivity contribution in [1.82, 2.24) is 0 Å². The summed E-state index contributed by atoms with van der Waals surface area (Å²) in [7, 11) is -19.6. The van der Waals surface area contributed by atoms with E-state index in [0.29, 0.717) is 36.0 Å². The summed E-state index contributed by atoms with van der Waals surface area (Å²) in [6.07, 6.45) is 0. The molecule has 0 aliphatic heterocycles. The second kappa shape index (κ2) is 4.36. The van der Waals surface area contributed by atoms with E-state index in [1.807, 2.05) is 0 Å². The largest absolute Gasteiger partial charge is 0.310 e. The molecule has 0 nitrogen and oxygen atoms in total. The van der Waals surface area contributed by atoms with Crippen molar-refractivity contribution in [3.8, 4) is 0 Å². The summed E-state index contributed by atoms with van der Waals surface area (Å²) in [6, 6.07) is 3.40. The lowest BCUT2D eigenvalue weighted by Crippen LogP contribution is -2.05. The Balaban J connectivity index is 2.25. The minimum Gasteiger partial charge on any atom is -0.0936 e. The summed E-state index contributed by atoms with van der Waals surface area (Å²) in [5.74, 6) is 0. The van der Waals surface area contributed by atoms with Gasteiger partial charge in [-0.1, -0.05) is 50.6 Å². The zero-order valence-corrected chi connectivity index (χ0v) is 14.1. The molecule has 0 aliphatic rings. The first-order valence-electron chi connectivity index (χ1n) is 6.00. The van der Waals surface area contributed by atoms with Crippen LogP contribution in [0.3, 0.4) is 0 Å². The zero-order valence-electron chi connectivity index (χ0n) is 11.6. The van der Waals surface area contributed by atoms with Crippen LogP contribution in [0.25, 0.3) is 0 Å². The van der Waals surface area contributed by atoms with Gasteiger partial charge in [-0.3, -0.25) is 0 Å². The Hall–Kier alpha value is -1.21. The Labute approximate surface area is 139 Å². The number of hydrogen-bond acceptors (Lipinski definition) is 1. The van der Waals surface area contributed by atoms with E-state index in [-0.39, 0.29) is 34.1 Å². The molecule has 0 unspecified atom stereocenters. The molecule has 0 bridgehead atoms. The molecule has 25 heavy (non-hydrogen) atoms. The lowest BCUT2D eigenvalue weighted by atomic mass is 10.4. The van der Waals surface area contributed by atoms with Crippen LogP contribution in [0, 0.1) is 0 Å². The first-order valence-corrected chi connectivity index (χ1v) is 10.7. The van der Waals surface area contributed by atoms with Crippen LogP contribution in [-0.4, -0.2) is 0 Å². The summed E-state index contributed by atoms with van der Waals surface area (Å²) in [6.45, 7) is 0. The van der Waals surface area contributed by atoms with Gasteiger partial charge in [-0.15, -0.1) is 0 Å². The number of hydrogen-bond donors (Lipinski definition) is 0. The average Bonchev–Trinajstić information content (AvgIpc) is 2.34. The number of benzene rings is 2. The fourth-order valence-corrected chi connectivity index (χ4v) is 3.78. The third-order valence-electron chi connectivity index (χ3n) is 2.77. The van der Waals surface area contributed by atoms with Gasteiger partial charge in [-0.25, -0.2) is 0 Å². The van der Waals surface area contributed by atoms with Crippen LogP contribution in [0.1, 0.15) is 0 Å². The molecule has 0 heterocycles. The SMILES string of the molecule is FS(F)(F)(F)(F)c1ccc(Sc2ccc(S(F)(F)(F)(F)F)cc2)cc1. The second-order valence-electron chi connectivity index (χ2n) is 4.98. The third kappa shape index (κ3) is 5.38. The highest BCUT2D eigenvalue weighted by Gasteiger charge is 2.66. The van der Waals surface area contributed by atoms with Gasteiger partial charge >= 0.3 is 20.4 Å². The third-order valence-corrected chi connectivity index (χ3v) is 6.12. The van der Waals surface area contributed by atoms with E-state index < -0.39 is 30.2 Å². The summed E-state index contributed by atoms with van der Waals surface area (Å²) in [5.41, 5.74) is 0. The Bertz CT molecular complexity index is 732. The van der Waals surface area contributed by atoms with Crippen molar-refractivity contribution in [2.45, 2.75) is 19.6 Å². The first kappa shape index (κ1) is 20.1. The van der Waals surface area contributed by atoms with Gasteiger partial charge in [0.2, 0.25) is 0 Å². The molecule has 0 N–H and O–H groups in total. The van der Waals surface area contributed by atoms with Gasteiger partial charge in [0.25, 0.3) is 0 Å². The van der Waals surface area contributed by atoms with Crippen LogP contribution in [0.15, 0.2) is 68.1 Å². The fraction of sp³-hybridized carbons (Fsp3) is 0. The van der Waals surface area contributed by atoms with Crippen LogP contribution >= 0.6 is 32.2 Å². The van der Waals surface area contributed by atoms with Crippen LogP contribution in [0.2, 0.25) is 0 Å². The summed E-state index contributed by atoms with van der Waals surface area (Å²) >= 11 is 0.624. The highest BCUT2D eigenvalue weighted by Crippen LogP contribution is 3.02. The van der Waals surface area contributed by atoms with Crippen molar-refractivity contribution in [3.63, 3.8) is 0 Å². The maximum atomic E-state index is 12.6. The van der Waals surface area contributed by atoms with Crippen molar-refractivity contribution in [2.24, 2.45) is 0 Å². The van der Waals surface area contributed by atoms with Gasteiger partial charge in [-0.2, -0.15) is 0 Å². The minimum absolute atomic E-state index is 0.00527. The Morgan fingerprint density at radius 1 is 0.440 bits per heavy atom. The number of halogens is 10. The molecule has 2 aromatic carbocycles. The van der Waals surface area contributed by atoms with Gasteiger partial charge in [0.1, 0.15) is 9.79 Å². The highest BCUT2D eigenvalue weighted by atomic mass is 32.5. The minimum atomic E-state index is -9.81. The van der Waals surface area contributed by atoms with Crippen LogP contribution in [-0.2, 0) is 0 Å². The molecule has 0 atom stereocenters. The van der Waals surface area contributed by atoms with Crippen molar-refractivity contribution >= 4 is 32.2 Å². The van der Waals surface area contributed by atoms with Gasteiger partial charge < -0.3 is 0 Å². The van der Waals surface area contributed by atoms with Crippen molar-refractivity contribution < 1.29 is 38.9 Å². The molecule has 0 amide bonds. The molecule has 0 aliphatic carbocycles. The van der Waals surface area contributed by atoms with E-state index in [0.717, 1.165) is 0 Å². The smallest absolute Gasteiger partial charge is 0.0936 e. The normalized spacial score (nSPS) is 18.6. The average molecular weight is 438 g/mol. The highest BCUT2D eigenvalue weighted by molar-refractivity contribution is 8.46. The lowest BCUT2D eigenvalue weighted by molar-refractivity contribution is 0.360. The molecule has 13 heteroatoms.